The van der Waals surface area contributed by atoms with Crippen LogP contribution in [-0.4, -0.2) is 18.5 Å². The highest BCUT2D eigenvalue weighted by atomic mass is 16.6. The van der Waals surface area contributed by atoms with E-state index in [4.69, 9.17) is 9.47 Å². The molecule has 0 aromatic heterocycles. The Balaban J connectivity index is 2.11. The number of hydrogen-bond acceptors (Lipinski definition) is 4. The van der Waals surface area contributed by atoms with Crippen molar-refractivity contribution in [3.63, 3.8) is 0 Å². The summed E-state index contributed by atoms with van der Waals surface area (Å²) < 4.78 is 10.4. The number of rotatable bonds is 7. The van der Waals surface area contributed by atoms with Gasteiger partial charge in [-0.15, -0.1) is 0 Å². The van der Waals surface area contributed by atoms with Gasteiger partial charge in [0.25, 0.3) is 0 Å². The van der Waals surface area contributed by atoms with Crippen molar-refractivity contribution in [3.05, 3.63) is 29.8 Å². The summed E-state index contributed by atoms with van der Waals surface area (Å²) in [7, 11) is 0. The molecule has 22 heavy (non-hydrogen) atoms. The van der Waals surface area contributed by atoms with Crippen LogP contribution in [0.4, 0.5) is 0 Å². The second kappa shape index (κ2) is 7.43. The van der Waals surface area contributed by atoms with Crippen molar-refractivity contribution in [1.29, 1.82) is 0 Å². The fourth-order valence-electron chi connectivity index (χ4n) is 2.97. The summed E-state index contributed by atoms with van der Waals surface area (Å²) in [4.78, 5) is 23.5. The van der Waals surface area contributed by atoms with Crippen molar-refractivity contribution < 1.29 is 19.1 Å². The quantitative estimate of drug-likeness (QED) is 0.438. The molecule has 0 amide bonds. The van der Waals surface area contributed by atoms with Crippen LogP contribution in [0.2, 0.25) is 0 Å². The lowest BCUT2D eigenvalue weighted by Crippen LogP contribution is -2.23. The molecule has 0 spiro atoms. The summed E-state index contributed by atoms with van der Waals surface area (Å²) in [6.07, 6.45) is 2.92. The highest BCUT2D eigenvalue weighted by molar-refractivity contribution is 5.96. The van der Waals surface area contributed by atoms with Crippen LogP contribution in [0.25, 0.3) is 0 Å². The lowest BCUT2D eigenvalue weighted by Gasteiger charge is -2.22. The molecule has 1 aromatic rings. The summed E-state index contributed by atoms with van der Waals surface area (Å²) >= 11 is 0. The molecule has 1 saturated heterocycles. The summed E-state index contributed by atoms with van der Waals surface area (Å²) in [5.41, 5.74) is 1.05. The third kappa shape index (κ3) is 3.49. The SMILES string of the molecule is CCCCOc1ccc(C(CC)C2C(=O)OC(=O)C2C)cc1. The molecule has 4 nitrogen and oxygen atoms in total. The molecule has 0 aliphatic carbocycles. The van der Waals surface area contributed by atoms with Crippen molar-refractivity contribution in [2.75, 3.05) is 6.61 Å². The minimum atomic E-state index is -0.409. The smallest absolute Gasteiger partial charge is 0.318 e. The van der Waals surface area contributed by atoms with Gasteiger partial charge in [-0.1, -0.05) is 39.3 Å². The Hall–Kier alpha value is -1.84. The molecule has 0 N–H and O–H groups in total. The summed E-state index contributed by atoms with van der Waals surface area (Å²) in [5.74, 6) is -0.730. The predicted octanol–water partition coefficient (Wildman–Crippen LogP) is 3.69. The largest absolute Gasteiger partial charge is 0.494 e. The van der Waals surface area contributed by atoms with Gasteiger partial charge in [0, 0.05) is 0 Å². The number of unbranched alkanes of at least 4 members (excludes halogenated alkanes) is 1. The highest BCUT2D eigenvalue weighted by Gasteiger charge is 2.45. The Bertz CT molecular complexity index is 520. The molecule has 0 bridgehead atoms. The summed E-state index contributed by atoms with van der Waals surface area (Å²) in [6, 6.07) is 7.83. The van der Waals surface area contributed by atoms with Crippen LogP contribution in [0.1, 0.15) is 51.5 Å². The molecule has 1 fully saturated rings. The van der Waals surface area contributed by atoms with Gasteiger partial charge in [-0.2, -0.15) is 0 Å². The maximum atomic E-state index is 11.9. The molecule has 1 aliphatic heterocycles. The Morgan fingerprint density at radius 2 is 1.82 bits per heavy atom. The number of cyclic esters (lactones) is 2. The van der Waals surface area contributed by atoms with Crippen molar-refractivity contribution in [2.45, 2.75) is 46.0 Å². The first-order valence-corrected chi connectivity index (χ1v) is 8.06. The number of ether oxygens (including phenoxy) is 2. The Morgan fingerprint density at radius 1 is 1.14 bits per heavy atom. The van der Waals surface area contributed by atoms with Gasteiger partial charge in [0.15, 0.2) is 0 Å². The molecule has 0 radical (unpaired) electrons. The zero-order valence-corrected chi connectivity index (χ0v) is 13.5. The lowest BCUT2D eigenvalue weighted by atomic mass is 9.78. The minimum Gasteiger partial charge on any atom is -0.494 e. The Kier molecular flexibility index (Phi) is 5.58. The average molecular weight is 304 g/mol. The van der Waals surface area contributed by atoms with Gasteiger partial charge in [-0.25, -0.2) is 0 Å². The van der Waals surface area contributed by atoms with Gasteiger partial charge >= 0.3 is 11.9 Å². The van der Waals surface area contributed by atoms with E-state index in [1.54, 1.807) is 6.92 Å². The van der Waals surface area contributed by atoms with Gasteiger partial charge < -0.3 is 9.47 Å². The van der Waals surface area contributed by atoms with E-state index >= 15 is 0 Å². The summed E-state index contributed by atoms with van der Waals surface area (Å²) in [5, 5.41) is 0. The average Bonchev–Trinajstić information content (AvgIpc) is 2.76. The first-order chi connectivity index (χ1) is 10.6. The molecular weight excluding hydrogens is 280 g/mol. The molecule has 4 heteroatoms. The molecule has 1 aliphatic rings. The van der Waals surface area contributed by atoms with E-state index < -0.39 is 11.9 Å². The monoisotopic (exact) mass is 304 g/mol. The van der Waals surface area contributed by atoms with Gasteiger partial charge in [0.05, 0.1) is 18.4 Å². The molecule has 120 valence electrons. The summed E-state index contributed by atoms with van der Waals surface area (Å²) in [6.45, 7) is 6.64. The van der Waals surface area contributed by atoms with Crippen LogP contribution in [0, 0.1) is 11.8 Å². The van der Waals surface area contributed by atoms with Crippen molar-refractivity contribution in [1.82, 2.24) is 0 Å². The second-order valence-electron chi connectivity index (χ2n) is 5.84. The van der Waals surface area contributed by atoms with Crippen LogP contribution < -0.4 is 4.74 Å². The predicted molar refractivity (Wildman–Crippen MR) is 83.6 cm³/mol. The Labute approximate surface area is 131 Å². The first kappa shape index (κ1) is 16.5. The van der Waals surface area contributed by atoms with Gasteiger partial charge in [0.1, 0.15) is 5.75 Å². The normalized spacial score (nSPS) is 22.5. The number of esters is 2. The van der Waals surface area contributed by atoms with E-state index in [9.17, 15) is 9.59 Å². The molecule has 2 rings (SSSR count). The third-order valence-corrected chi connectivity index (χ3v) is 4.33. The van der Waals surface area contributed by atoms with Crippen LogP contribution in [0.3, 0.4) is 0 Å². The molecular formula is C18H24O4. The van der Waals surface area contributed by atoms with E-state index in [2.05, 4.69) is 6.92 Å². The fourth-order valence-corrected chi connectivity index (χ4v) is 2.97. The number of carbonyl (C=O) groups is 2. The molecule has 0 saturated carbocycles. The molecule has 1 heterocycles. The van der Waals surface area contributed by atoms with Crippen molar-refractivity contribution in [2.24, 2.45) is 11.8 Å². The highest BCUT2D eigenvalue weighted by Crippen LogP contribution is 2.38. The minimum absolute atomic E-state index is 0.00126. The zero-order valence-electron chi connectivity index (χ0n) is 13.5. The van der Waals surface area contributed by atoms with Crippen LogP contribution in [0.5, 0.6) is 5.75 Å². The standard InChI is InChI=1S/C18H24O4/c1-4-6-11-21-14-9-7-13(8-10-14)15(5-2)16-12(3)17(19)22-18(16)20/h7-10,12,15-16H,4-6,11H2,1-3H3. The van der Waals surface area contributed by atoms with E-state index in [0.717, 1.165) is 30.6 Å². The van der Waals surface area contributed by atoms with Crippen LogP contribution in [0.15, 0.2) is 24.3 Å². The third-order valence-electron chi connectivity index (χ3n) is 4.33. The van der Waals surface area contributed by atoms with Crippen LogP contribution in [-0.2, 0) is 14.3 Å². The van der Waals surface area contributed by atoms with Crippen LogP contribution >= 0.6 is 0 Å². The van der Waals surface area contributed by atoms with Crippen molar-refractivity contribution >= 4 is 11.9 Å². The second-order valence-corrected chi connectivity index (χ2v) is 5.84. The maximum absolute atomic E-state index is 11.9. The van der Waals surface area contributed by atoms with E-state index in [1.807, 2.05) is 31.2 Å². The first-order valence-electron chi connectivity index (χ1n) is 8.06. The van der Waals surface area contributed by atoms with E-state index in [-0.39, 0.29) is 17.8 Å². The number of carbonyl (C=O) groups excluding carboxylic acids is 2. The van der Waals surface area contributed by atoms with Crippen molar-refractivity contribution in [3.8, 4) is 5.75 Å². The lowest BCUT2D eigenvalue weighted by molar-refractivity contribution is -0.153. The maximum Gasteiger partial charge on any atom is 0.318 e. The molecule has 3 unspecified atom stereocenters. The Morgan fingerprint density at radius 3 is 2.32 bits per heavy atom. The van der Waals surface area contributed by atoms with Gasteiger partial charge in [-0.3, -0.25) is 9.59 Å². The zero-order chi connectivity index (χ0) is 16.1. The number of hydrogen-bond donors (Lipinski definition) is 0. The number of benzene rings is 1. The van der Waals surface area contributed by atoms with Gasteiger partial charge in [0.2, 0.25) is 0 Å². The van der Waals surface area contributed by atoms with Gasteiger partial charge in [-0.05, 0) is 36.5 Å². The molecule has 3 atom stereocenters. The fraction of sp³-hybridized carbons (Fsp3) is 0.556. The molecule has 1 aromatic carbocycles. The van der Waals surface area contributed by atoms with E-state index in [1.165, 1.54) is 0 Å². The van der Waals surface area contributed by atoms with E-state index in [0.29, 0.717) is 6.61 Å². The topological polar surface area (TPSA) is 52.6 Å².